The van der Waals surface area contributed by atoms with Crippen LogP contribution in [0.2, 0.25) is 19.6 Å². The minimum Gasteiger partial charge on any atom is -0.497 e. The molecule has 0 bridgehead atoms. The first kappa shape index (κ1) is 14.5. The largest absolute Gasteiger partial charge is 0.497 e. The van der Waals surface area contributed by atoms with Crippen molar-refractivity contribution in [2.75, 3.05) is 13.3 Å². The highest BCUT2D eigenvalue weighted by atomic mass is 28.3. The normalized spacial score (nSPS) is 11.6. The molecule has 18 heavy (non-hydrogen) atoms. The van der Waals surface area contributed by atoms with E-state index in [2.05, 4.69) is 25.0 Å². The summed E-state index contributed by atoms with van der Waals surface area (Å²) < 4.78 is 5.07. The summed E-state index contributed by atoms with van der Waals surface area (Å²) in [7, 11) is 0.411. The Morgan fingerprint density at radius 3 is 2.39 bits per heavy atom. The van der Waals surface area contributed by atoms with E-state index < -0.39 is 8.07 Å². The first-order chi connectivity index (χ1) is 8.40. The molecule has 1 aromatic carbocycles. The number of carbonyl (C=O) groups is 1. The summed E-state index contributed by atoms with van der Waals surface area (Å²) in [5, 5.41) is 2.93. The monoisotopic (exact) mass is 263 g/mol. The van der Waals surface area contributed by atoms with Crippen LogP contribution in [0.15, 0.2) is 30.3 Å². The number of hydrogen-bond acceptors (Lipinski definition) is 2. The van der Waals surface area contributed by atoms with Crippen LogP contribution >= 0.6 is 0 Å². The molecule has 1 amide bonds. The number of amides is 1. The number of nitrogens with one attached hydrogen (secondary N) is 1. The van der Waals surface area contributed by atoms with Crippen molar-refractivity contribution >= 4 is 20.1 Å². The number of ether oxygens (including phenoxy) is 1. The molecule has 0 radical (unpaired) electrons. The van der Waals surface area contributed by atoms with E-state index in [-0.39, 0.29) is 5.91 Å². The zero-order chi connectivity index (χ0) is 13.6. The number of methoxy groups -OCH3 is 1. The minimum atomic E-state index is -1.22. The first-order valence-corrected chi connectivity index (χ1v) is 9.71. The molecule has 0 aromatic heterocycles. The van der Waals surface area contributed by atoms with Crippen molar-refractivity contribution in [1.82, 2.24) is 5.32 Å². The lowest BCUT2D eigenvalue weighted by Gasteiger charge is -2.15. The van der Waals surface area contributed by atoms with Gasteiger partial charge in [-0.1, -0.05) is 31.8 Å². The Morgan fingerprint density at radius 2 is 1.89 bits per heavy atom. The summed E-state index contributed by atoms with van der Waals surface area (Å²) in [6.07, 6.45) is 4.18. The second kappa shape index (κ2) is 6.40. The molecule has 0 fully saturated rings. The number of rotatable bonds is 5. The van der Waals surface area contributed by atoms with E-state index in [1.807, 2.05) is 24.3 Å². The van der Waals surface area contributed by atoms with E-state index in [0.29, 0.717) is 0 Å². The molecule has 1 rings (SSSR count). The van der Waals surface area contributed by atoms with Crippen molar-refractivity contribution in [2.24, 2.45) is 0 Å². The van der Waals surface area contributed by atoms with Gasteiger partial charge in [0.1, 0.15) is 5.75 Å². The Morgan fingerprint density at radius 1 is 1.28 bits per heavy atom. The predicted molar refractivity (Wildman–Crippen MR) is 78.4 cm³/mol. The van der Waals surface area contributed by atoms with Crippen molar-refractivity contribution in [1.29, 1.82) is 0 Å². The fraction of sp³-hybridized carbons (Fsp3) is 0.357. The van der Waals surface area contributed by atoms with Gasteiger partial charge in [-0.2, -0.15) is 0 Å². The molecule has 1 N–H and O–H groups in total. The van der Waals surface area contributed by atoms with Crippen LogP contribution in [-0.4, -0.2) is 27.3 Å². The van der Waals surface area contributed by atoms with E-state index in [1.54, 1.807) is 19.3 Å². The quantitative estimate of drug-likeness (QED) is 0.655. The Bertz CT molecular complexity index is 418. The van der Waals surface area contributed by atoms with Crippen LogP contribution in [0, 0.1) is 0 Å². The van der Waals surface area contributed by atoms with E-state index in [9.17, 15) is 4.79 Å². The molecule has 1 aromatic rings. The standard InChI is InChI=1S/C14H21NO2Si/c1-17-13-8-5-12(6-9-13)7-10-14(16)15-11-18(2,3)4/h5-10H,11H2,1-4H3,(H,15,16). The molecule has 4 heteroatoms. The molecule has 0 aliphatic rings. The molecule has 0 unspecified atom stereocenters. The van der Waals surface area contributed by atoms with Gasteiger partial charge in [0.15, 0.2) is 0 Å². The first-order valence-electron chi connectivity index (χ1n) is 6.01. The lowest BCUT2D eigenvalue weighted by atomic mass is 10.2. The van der Waals surface area contributed by atoms with Crippen LogP contribution in [0.25, 0.3) is 6.08 Å². The molecule has 0 aliphatic heterocycles. The smallest absolute Gasteiger partial charge is 0.243 e. The van der Waals surface area contributed by atoms with E-state index >= 15 is 0 Å². The van der Waals surface area contributed by atoms with Crippen molar-refractivity contribution in [3.8, 4) is 5.75 Å². The van der Waals surface area contributed by atoms with Gasteiger partial charge in [-0.3, -0.25) is 4.79 Å². The van der Waals surface area contributed by atoms with Gasteiger partial charge in [-0.25, -0.2) is 0 Å². The molecular formula is C14H21NO2Si. The zero-order valence-electron chi connectivity index (χ0n) is 11.5. The highest BCUT2D eigenvalue weighted by Crippen LogP contribution is 2.12. The summed E-state index contributed by atoms with van der Waals surface area (Å²) >= 11 is 0. The maximum Gasteiger partial charge on any atom is 0.243 e. The van der Waals surface area contributed by atoms with E-state index in [4.69, 9.17) is 4.74 Å². The molecule has 0 spiro atoms. The molecule has 98 valence electrons. The third-order valence-corrected chi connectivity index (χ3v) is 3.57. The maximum atomic E-state index is 11.6. The molecule has 0 saturated carbocycles. The molecular weight excluding hydrogens is 242 g/mol. The minimum absolute atomic E-state index is 0.0340. The van der Waals surface area contributed by atoms with E-state index in [0.717, 1.165) is 17.5 Å². The lowest BCUT2D eigenvalue weighted by molar-refractivity contribution is -0.116. The Kier molecular flexibility index (Phi) is 5.16. The third-order valence-electron chi connectivity index (χ3n) is 2.34. The second-order valence-electron chi connectivity index (χ2n) is 5.38. The SMILES string of the molecule is COc1ccc(C=CC(=O)NC[Si](C)(C)C)cc1. The summed E-state index contributed by atoms with van der Waals surface area (Å²) in [5.41, 5.74) is 0.985. The average molecular weight is 263 g/mol. The second-order valence-corrected chi connectivity index (χ2v) is 10.9. The van der Waals surface area contributed by atoms with Gasteiger partial charge in [0.2, 0.25) is 5.91 Å². The van der Waals surface area contributed by atoms with Crippen LogP contribution in [0.1, 0.15) is 5.56 Å². The summed E-state index contributed by atoms with van der Waals surface area (Å²) in [6, 6.07) is 7.58. The van der Waals surface area contributed by atoms with Gasteiger partial charge >= 0.3 is 0 Å². The predicted octanol–water partition coefficient (Wildman–Crippen LogP) is 2.70. The molecule has 0 saturated heterocycles. The van der Waals surface area contributed by atoms with Crippen molar-refractivity contribution in [3.05, 3.63) is 35.9 Å². The highest BCUT2D eigenvalue weighted by molar-refractivity contribution is 6.76. The van der Waals surface area contributed by atoms with Gasteiger partial charge < -0.3 is 10.1 Å². The highest BCUT2D eigenvalue weighted by Gasteiger charge is 2.12. The number of hydrogen-bond donors (Lipinski definition) is 1. The molecule has 0 aliphatic carbocycles. The van der Waals surface area contributed by atoms with Crippen molar-refractivity contribution in [2.45, 2.75) is 19.6 Å². The Balaban J connectivity index is 2.50. The zero-order valence-corrected chi connectivity index (χ0v) is 12.5. The van der Waals surface area contributed by atoms with Gasteiger partial charge in [-0.15, -0.1) is 0 Å². The lowest BCUT2D eigenvalue weighted by Crippen LogP contribution is -2.39. The van der Waals surface area contributed by atoms with Gasteiger partial charge in [0.25, 0.3) is 0 Å². The van der Waals surface area contributed by atoms with Crippen molar-refractivity contribution < 1.29 is 9.53 Å². The average Bonchev–Trinajstić information content (AvgIpc) is 2.33. The van der Waals surface area contributed by atoms with Gasteiger partial charge in [0, 0.05) is 12.2 Å². The topological polar surface area (TPSA) is 38.3 Å². The Hall–Kier alpha value is -1.55. The fourth-order valence-electron chi connectivity index (χ4n) is 1.30. The Labute approximate surface area is 110 Å². The van der Waals surface area contributed by atoms with Crippen LogP contribution in [-0.2, 0) is 4.79 Å². The van der Waals surface area contributed by atoms with Gasteiger partial charge in [0.05, 0.1) is 15.2 Å². The van der Waals surface area contributed by atoms with Crippen LogP contribution < -0.4 is 10.1 Å². The van der Waals surface area contributed by atoms with Crippen LogP contribution in [0.3, 0.4) is 0 Å². The maximum absolute atomic E-state index is 11.6. The summed E-state index contributed by atoms with van der Waals surface area (Å²) in [6.45, 7) is 6.67. The third kappa shape index (κ3) is 5.68. The summed E-state index contributed by atoms with van der Waals surface area (Å²) in [5.74, 6) is 0.781. The van der Waals surface area contributed by atoms with Crippen LogP contribution in [0.4, 0.5) is 0 Å². The molecule has 0 atom stereocenters. The van der Waals surface area contributed by atoms with Gasteiger partial charge in [-0.05, 0) is 23.8 Å². The molecule has 3 nitrogen and oxygen atoms in total. The van der Waals surface area contributed by atoms with E-state index in [1.165, 1.54) is 0 Å². The fourth-order valence-corrected chi connectivity index (χ4v) is 2.00. The molecule has 0 heterocycles. The number of carbonyl (C=O) groups excluding carboxylic acids is 1. The number of benzene rings is 1. The van der Waals surface area contributed by atoms with Crippen molar-refractivity contribution in [3.63, 3.8) is 0 Å². The summed E-state index contributed by atoms with van der Waals surface area (Å²) in [4.78, 5) is 11.6. The van der Waals surface area contributed by atoms with Crippen LogP contribution in [0.5, 0.6) is 5.75 Å².